The Balaban J connectivity index is 1.59. The summed E-state index contributed by atoms with van der Waals surface area (Å²) >= 11 is 0. The summed E-state index contributed by atoms with van der Waals surface area (Å²) < 4.78 is 5.14. The summed E-state index contributed by atoms with van der Waals surface area (Å²) in [5.41, 5.74) is 2.80. The number of allylic oxidation sites excluding steroid dienone is 1. The van der Waals surface area contributed by atoms with Gasteiger partial charge < -0.3 is 14.5 Å². The van der Waals surface area contributed by atoms with Crippen molar-refractivity contribution >= 4 is 23.3 Å². The van der Waals surface area contributed by atoms with Gasteiger partial charge in [0.15, 0.2) is 12.4 Å². The number of ether oxygens (including phenoxy) is 1. The monoisotopic (exact) mass is 384 g/mol. The van der Waals surface area contributed by atoms with E-state index in [1.54, 1.807) is 6.08 Å². The van der Waals surface area contributed by atoms with Gasteiger partial charge in [-0.25, -0.2) is 0 Å². The van der Waals surface area contributed by atoms with Crippen molar-refractivity contribution in [1.29, 1.82) is 0 Å². The molecule has 1 aromatic rings. The molecule has 1 amide bonds. The second-order valence-corrected chi connectivity index (χ2v) is 7.98. The van der Waals surface area contributed by atoms with Crippen LogP contribution in [0.15, 0.2) is 36.0 Å². The van der Waals surface area contributed by atoms with E-state index in [4.69, 9.17) is 4.74 Å². The number of rotatable bonds is 5. The Kier molecular flexibility index (Phi) is 5.87. The van der Waals surface area contributed by atoms with Crippen molar-refractivity contribution in [2.45, 2.75) is 44.9 Å². The molecule has 1 aromatic carbocycles. The maximum Gasteiger partial charge on any atom is 0.326 e. The first-order valence-corrected chi connectivity index (χ1v) is 9.82. The molecule has 2 aliphatic rings. The lowest BCUT2D eigenvalue weighted by molar-refractivity contribution is -0.151. The zero-order valence-electron chi connectivity index (χ0n) is 16.9. The molecule has 0 saturated carbocycles. The Hall–Kier alpha value is -2.63. The lowest BCUT2D eigenvalue weighted by atomic mass is 9.83. The molecule has 0 bridgehead atoms. The fraction of sp³-hybridized carbons (Fsp3) is 0.500. The summed E-state index contributed by atoms with van der Waals surface area (Å²) in [6, 6.07) is 8.06. The fourth-order valence-corrected chi connectivity index (χ4v) is 4.01. The highest BCUT2D eigenvalue weighted by molar-refractivity contribution is 5.94. The van der Waals surface area contributed by atoms with E-state index in [0.29, 0.717) is 13.0 Å². The van der Waals surface area contributed by atoms with Crippen LogP contribution in [0.4, 0.5) is 5.69 Å². The molecule has 3 rings (SSSR count). The van der Waals surface area contributed by atoms with Crippen LogP contribution in [-0.4, -0.2) is 49.3 Å². The number of ketones is 1. The van der Waals surface area contributed by atoms with Crippen molar-refractivity contribution in [3.8, 4) is 0 Å². The second kappa shape index (κ2) is 8.17. The molecule has 2 heterocycles. The van der Waals surface area contributed by atoms with Gasteiger partial charge >= 0.3 is 5.97 Å². The standard InChI is InChI=1S/C22H28N2O4/c1-22(2)17-9-6-7-10-18(17)23(3)19(22)13-16(25)15-28-21(27)14-24-12-8-4-5-11-20(24)26/h6-7,9-10,13H,4-5,8,11-12,14-15H2,1-3H3/b19-13-. The highest BCUT2D eigenvalue weighted by Gasteiger charge is 2.38. The van der Waals surface area contributed by atoms with Crippen molar-refractivity contribution in [3.05, 3.63) is 41.6 Å². The number of likely N-dealkylation sites (N-methyl/N-ethyl adjacent to an activating group) is 1. The molecular formula is C22H28N2O4. The quantitative estimate of drug-likeness (QED) is 0.577. The first-order valence-electron chi connectivity index (χ1n) is 9.82. The normalized spacial score (nSPS) is 20.1. The van der Waals surface area contributed by atoms with Gasteiger partial charge in [0.2, 0.25) is 5.91 Å². The van der Waals surface area contributed by atoms with Crippen LogP contribution >= 0.6 is 0 Å². The molecule has 6 nitrogen and oxygen atoms in total. The van der Waals surface area contributed by atoms with E-state index in [0.717, 1.165) is 36.2 Å². The van der Waals surface area contributed by atoms with Crippen LogP contribution in [0, 0.1) is 0 Å². The highest BCUT2D eigenvalue weighted by atomic mass is 16.5. The summed E-state index contributed by atoms with van der Waals surface area (Å²) in [6.45, 7) is 4.32. The molecule has 150 valence electrons. The molecule has 0 atom stereocenters. The molecule has 1 saturated heterocycles. The van der Waals surface area contributed by atoms with Gasteiger partial charge in [-0.3, -0.25) is 14.4 Å². The number of carbonyl (C=O) groups is 3. The summed E-state index contributed by atoms with van der Waals surface area (Å²) in [5.74, 6) is -0.822. The Bertz CT molecular complexity index is 813. The molecule has 0 aliphatic carbocycles. The summed E-state index contributed by atoms with van der Waals surface area (Å²) in [7, 11) is 1.93. The van der Waals surface area contributed by atoms with Crippen LogP contribution in [0.5, 0.6) is 0 Å². The number of hydrogen-bond donors (Lipinski definition) is 0. The minimum absolute atomic E-state index is 0.0185. The Morgan fingerprint density at radius 3 is 2.68 bits per heavy atom. The zero-order chi connectivity index (χ0) is 20.3. The largest absolute Gasteiger partial charge is 0.456 e. The summed E-state index contributed by atoms with van der Waals surface area (Å²) in [5, 5.41) is 0. The third-order valence-electron chi connectivity index (χ3n) is 5.60. The van der Waals surface area contributed by atoms with Crippen LogP contribution in [0.25, 0.3) is 0 Å². The number of fused-ring (bicyclic) bond motifs is 1. The number of amides is 1. The highest BCUT2D eigenvalue weighted by Crippen LogP contribution is 2.46. The number of para-hydroxylation sites is 1. The number of carbonyl (C=O) groups excluding carboxylic acids is 3. The first-order chi connectivity index (χ1) is 13.3. The van der Waals surface area contributed by atoms with Gasteiger partial charge in [0.05, 0.1) is 0 Å². The minimum atomic E-state index is -0.538. The number of hydrogen-bond acceptors (Lipinski definition) is 5. The fourth-order valence-electron chi connectivity index (χ4n) is 4.01. The lowest BCUT2D eigenvalue weighted by Gasteiger charge is -2.24. The van der Waals surface area contributed by atoms with Gasteiger partial charge in [0.25, 0.3) is 0 Å². The number of benzene rings is 1. The lowest BCUT2D eigenvalue weighted by Crippen LogP contribution is -2.36. The summed E-state index contributed by atoms with van der Waals surface area (Å²) in [4.78, 5) is 40.0. The SMILES string of the molecule is CN1/C(=C\C(=O)COC(=O)CN2CCCCCC2=O)C(C)(C)c2ccccc21. The van der Waals surface area contributed by atoms with Gasteiger partial charge in [-0.05, 0) is 24.5 Å². The molecule has 2 aliphatic heterocycles. The van der Waals surface area contributed by atoms with Crippen molar-refractivity contribution in [1.82, 2.24) is 4.90 Å². The van der Waals surface area contributed by atoms with E-state index < -0.39 is 5.97 Å². The average Bonchev–Trinajstić information content (AvgIpc) is 2.80. The molecule has 6 heteroatoms. The van der Waals surface area contributed by atoms with Crippen LogP contribution in [0.3, 0.4) is 0 Å². The van der Waals surface area contributed by atoms with E-state index in [-0.39, 0.29) is 30.3 Å². The number of anilines is 1. The van der Waals surface area contributed by atoms with E-state index in [2.05, 4.69) is 19.9 Å². The summed E-state index contributed by atoms with van der Waals surface area (Å²) in [6.07, 6.45) is 4.79. The van der Waals surface area contributed by atoms with E-state index in [1.807, 2.05) is 30.1 Å². The third-order valence-corrected chi connectivity index (χ3v) is 5.60. The Morgan fingerprint density at radius 1 is 1.18 bits per heavy atom. The molecule has 0 aromatic heterocycles. The van der Waals surface area contributed by atoms with E-state index in [1.165, 1.54) is 4.90 Å². The van der Waals surface area contributed by atoms with Crippen LogP contribution < -0.4 is 4.90 Å². The molecule has 1 fully saturated rings. The Morgan fingerprint density at radius 2 is 1.93 bits per heavy atom. The van der Waals surface area contributed by atoms with Crippen molar-refractivity contribution in [2.24, 2.45) is 0 Å². The minimum Gasteiger partial charge on any atom is -0.456 e. The predicted octanol–water partition coefficient (Wildman–Crippen LogP) is 2.81. The molecule has 28 heavy (non-hydrogen) atoms. The van der Waals surface area contributed by atoms with Crippen LogP contribution in [-0.2, 0) is 24.5 Å². The smallest absolute Gasteiger partial charge is 0.326 e. The number of nitrogens with zero attached hydrogens (tertiary/aromatic N) is 2. The number of esters is 1. The Labute approximate surface area is 166 Å². The van der Waals surface area contributed by atoms with Gasteiger partial charge in [0.1, 0.15) is 6.54 Å². The average molecular weight is 384 g/mol. The van der Waals surface area contributed by atoms with Crippen molar-refractivity contribution in [2.75, 3.05) is 31.6 Å². The molecular weight excluding hydrogens is 356 g/mol. The second-order valence-electron chi connectivity index (χ2n) is 7.98. The molecule has 0 N–H and O–H groups in total. The van der Waals surface area contributed by atoms with Crippen LogP contribution in [0.2, 0.25) is 0 Å². The molecule has 0 unspecified atom stereocenters. The molecule has 0 radical (unpaired) electrons. The van der Waals surface area contributed by atoms with Crippen LogP contribution in [0.1, 0.15) is 45.1 Å². The van der Waals surface area contributed by atoms with Gasteiger partial charge in [-0.1, -0.05) is 38.5 Å². The maximum atomic E-state index is 12.4. The van der Waals surface area contributed by atoms with Crippen molar-refractivity contribution in [3.63, 3.8) is 0 Å². The van der Waals surface area contributed by atoms with Crippen molar-refractivity contribution < 1.29 is 19.1 Å². The molecule has 0 spiro atoms. The number of likely N-dealkylation sites (tertiary alicyclic amines) is 1. The van der Waals surface area contributed by atoms with Gasteiger partial charge in [0, 0.05) is 42.9 Å². The van der Waals surface area contributed by atoms with E-state index in [9.17, 15) is 14.4 Å². The van der Waals surface area contributed by atoms with Gasteiger partial charge in [-0.2, -0.15) is 0 Å². The topological polar surface area (TPSA) is 66.9 Å². The maximum absolute atomic E-state index is 12.4. The third kappa shape index (κ3) is 4.11. The predicted molar refractivity (Wildman–Crippen MR) is 107 cm³/mol. The zero-order valence-corrected chi connectivity index (χ0v) is 16.9. The first kappa shape index (κ1) is 20.1. The van der Waals surface area contributed by atoms with Gasteiger partial charge in [-0.15, -0.1) is 0 Å². The van der Waals surface area contributed by atoms with E-state index >= 15 is 0 Å².